The van der Waals surface area contributed by atoms with Crippen molar-refractivity contribution in [1.82, 2.24) is 0 Å². The smallest absolute Gasteiger partial charge is 0.320 e. The second-order valence-corrected chi connectivity index (χ2v) is 5.67. The molecular weight excluding hydrogens is 242 g/mol. The van der Waals surface area contributed by atoms with Crippen molar-refractivity contribution in [3.05, 3.63) is 0 Å². The lowest BCUT2D eigenvalue weighted by molar-refractivity contribution is -0.171. The number of alkyl halides is 2. The van der Waals surface area contributed by atoms with Crippen molar-refractivity contribution in [2.24, 2.45) is 5.92 Å². The van der Waals surface area contributed by atoms with Gasteiger partial charge in [-0.1, -0.05) is 0 Å². The third-order valence-electron chi connectivity index (χ3n) is 2.61. The van der Waals surface area contributed by atoms with Gasteiger partial charge in [-0.3, -0.25) is 4.18 Å². The Morgan fingerprint density at radius 1 is 1.25 bits per heavy atom. The zero-order valence-corrected chi connectivity index (χ0v) is 9.88. The molecule has 0 aromatic rings. The van der Waals surface area contributed by atoms with E-state index in [4.69, 9.17) is 0 Å². The van der Waals surface area contributed by atoms with Crippen molar-refractivity contribution in [2.75, 3.05) is 12.9 Å². The van der Waals surface area contributed by atoms with Crippen LogP contribution in [0.3, 0.4) is 0 Å². The van der Waals surface area contributed by atoms with Crippen LogP contribution >= 0.6 is 0 Å². The maximum Gasteiger partial charge on any atom is 0.345 e. The minimum absolute atomic E-state index is 0.118. The molecule has 0 heterocycles. The average molecular weight is 258 g/mol. The Morgan fingerprint density at radius 3 is 2.25 bits per heavy atom. The van der Waals surface area contributed by atoms with Crippen LogP contribution in [0.4, 0.5) is 8.78 Å². The first kappa shape index (κ1) is 13.8. The van der Waals surface area contributed by atoms with Crippen molar-refractivity contribution >= 4 is 10.1 Å². The molecule has 1 rings (SSSR count). The van der Waals surface area contributed by atoms with E-state index in [0.717, 1.165) is 6.26 Å². The predicted octanol–water partition coefficient (Wildman–Crippen LogP) is 1.76. The predicted molar refractivity (Wildman–Crippen MR) is 53.6 cm³/mol. The van der Waals surface area contributed by atoms with E-state index < -0.39 is 22.8 Å². The van der Waals surface area contributed by atoms with Gasteiger partial charge in [-0.05, 0) is 31.6 Å². The lowest BCUT2D eigenvalue weighted by atomic mass is 9.88. The fourth-order valence-electron chi connectivity index (χ4n) is 1.80. The molecule has 16 heavy (non-hydrogen) atoms. The molecule has 96 valence electrons. The Bertz CT molecular complexity index is 297. The van der Waals surface area contributed by atoms with Crippen molar-refractivity contribution < 1.29 is 26.1 Å². The molecule has 0 unspecified atom stereocenters. The van der Waals surface area contributed by atoms with Crippen LogP contribution in [0.5, 0.6) is 0 Å². The van der Waals surface area contributed by atoms with Crippen LogP contribution in [0, 0.1) is 5.92 Å². The van der Waals surface area contributed by atoms with Gasteiger partial charge in [-0.15, -0.1) is 0 Å². The third-order valence-corrected chi connectivity index (χ3v) is 3.17. The summed E-state index contributed by atoms with van der Waals surface area (Å²) in [6.07, 6.45) is 2.97. The highest BCUT2D eigenvalue weighted by molar-refractivity contribution is 7.85. The van der Waals surface area contributed by atoms with Crippen LogP contribution in [-0.4, -0.2) is 34.0 Å². The molecule has 0 saturated heterocycles. The van der Waals surface area contributed by atoms with E-state index in [2.05, 4.69) is 8.92 Å². The summed E-state index contributed by atoms with van der Waals surface area (Å²) in [5.74, 6) is 0.118. The van der Waals surface area contributed by atoms with Crippen LogP contribution in [0.2, 0.25) is 0 Å². The first-order valence-electron chi connectivity index (χ1n) is 5.15. The van der Waals surface area contributed by atoms with Gasteiger partial charge in [0.15, 0.2) is 0 Å². The monoisotopic (exact) mass is 258 g/mol. The van der Waals surface area contributed by atoms with Gasteiger partial charge in [0.05, 0.1) is 19.0 Å². The lowest BCUT2D eigenvalue weighted by Crippen LogP contribution is -2.26. The summed E-state index contributed by atoms with van der Waals surface area (Å²) in [6, 6.07) is 0. The second kappa shape index (κ2) is 5.88. The standard InChI is InChI=1S/C9H16F2O4S/c1-16(12,13)14-6-7-2-4-8(5-3-7)15-9(10)11/h7-9H,2-6H2,1H3/t7-,8-. The molecule has 0 spiro atoms. The first-order chi connectivity index (χ1) is 7.37. The van der Waals surface area contributed by atoms with Crippen LogP contribution in [-0.2, 0) is 19.0 Å². The van der Waals surface area contributed by atoms with Gasteiger partial charge in [-0.25, -0.2) is 0 Å². The van der Waals surface area contributed by atoms with E-state index in [1.54, 1.807) is 0 Å². The molecule has 7 heteroatoms. The Morgan fingerprint density at radius 2 is 1.81 bits per heavy atom. The highest BCUT2D eigenvalue weighted by atomic mass is 32.2. The van der Waals surface area contributed by atoms with Crippen molar-refractivity contribution in [3.63, 3.8) is 0 Å². The fourth-order valence-corrected chi connectivity index (χ4v) is 2.24. The second-order valence-electron chi connectivity index (χ2n) is 4.03. The maximum absolute atomic E-state index is 11.9. The topological polar surface area (TPSA) is 52.6 Å². The maximum atomic E-state index is 11.9. The van der Waals surface area contributed by atoms with E-state index in [0.29, 0.717) is 25.7 Å². The molecule has 0 aliphatic heterocycles. The fraction of sp³-hybridized carbons (Fsp3) is 1.00. The number of halogens is 2. The number of rotatable bonds is 5. The zero-order chi connectivity index (χ0) is 12.2. The third kappa shape index (κ3) is 5.72. The van der Waals surface area contributed by atoms with Gasteiger partial charge in [0.1, 0.15) is 0 Å². The molecule has 0 atom stereocenters. The van der Waals surface area contributed by atoms with Crippen LogP contribution in [0.15, 0.2) is 0 Å². The van der Waals surface area contributed by atoms with Crippen molar-refractivity contribution in [3.8, 4) is 0 Å². The summed E-state index contributed by atoms with van der Waals surface area (Å²) in [5, 5.41) is 0. The molecule has 1 aliphatic carbocycles. The van der Waals surface area contributed by atoms with Gasteiger partial charge in [0.25, 0.3) is 10.1 Å². The summed E-state index contributed by atoms with van der Waals surface area (Å²) in [5.41, 5.74) is 0. The molecule has 0 radical (unpaired) electrons. The Kier molecular flexibility index (Phi) is 5.07. The molecular formula is C9H16F2O4S. The number of hydrogen-bond donors (Lipinski definition) is 0. The Hall–Kier alpha value is -0.270. The molecule has 1 saturated carbocycles. The van der Waals surface area contributed by atoms with Gasteiger partial charge >= 0.3 is 6.61 Å². The van der Waals surface area contributed by atoms with Gasteiger partial charge in [0, 0.05) is 0 Å². The molecule has 0 bridgehead atoms. The molecule has 0 N–H and O–H groups in total. The van der Waals surface area contributed by atoms with E-state index in [1.165, 1.54) is 0 Å². The van der Waals surface area contributed by atoms with Gasteiger partial charge < -0.3 is 4.74 Å². The average Bonchev–Trinajstić information content (AvgIpc) is 2.14. The normalized spacial score (nSPS) is 27.2. The highest BCUT2D eigenvalue weighted by Gasteiger charge is 2.24. The van der Waals surface area contributed by atoms with Crippen molar-refractivity contribution in [1.29, 1.82) is 0 Å². The highest BCUT2D eigenvalue weighted by Crippen LogP contribution is 2.27. The van der Waals surface area contributed by atoms with Crippen LogP contribution in [0.1, 0.15) is 25.7 Å². The summed E-state index contributed by atoms with van der Waals surface area (Å²) in [6.45, 7) is -2.59. The van der Waals surface area contributed by atoms with E-state index in [-0.39, 0.29) is 12.5 Å². The lowest BCUT2D eigenvalue weighted by Gasteiger charge is -2.27. The molecule has 0 aromatic heterocycles. The van der Waals surface area contributed by atoms with Crippen LogP contribution in [0.25, 0.3) is 0 Å². The van der Waals surface area contributed by atoms with Crippen LogP contribution < -0.4 is 0 Å². The number of hydrogen-bond acceptors (Lipinski definition) is 4. The van der Waals surface area contributed by atoms with Crippen molar-refractivity contribution in [2.45, 2.75) is 38.4 Å². The quantitative estimate of drug-likeness (QED) is 0.705. The first-order valence-corrected chi connectivity index (χ1v) is 6.96. The molecule has 1 fully saturated rings. The SMILES string of the molecule is CS(=O)(=O)OC[C@H]1CC[C@H](OC(F)F)CC1. The Labute approximate surface area is 94.0 Å². The van der Waals surface area contributed by atoms with E-state index in [1.807, 2.05) is 0 Å². The molecule has 0 aromatic carbocycles. The largest absolute Gasteiger partial charge is 0.345 e. The summed E-state index contributed by atoms with van der Waals surface area (Å²) in [7, 11) is -3.41. The van der Waals surface area contributed by atoms with Gasteiger partial charge in [0.2, 0.25) is 0 Å². The minimum Gasteiger partial charge on any atom is -0.320 e. The number of ether oxygens (including phenoxy) is 1. The summed E-state index contributed by atoms with van der Waals surface area (Å²) in [4.78, 5) is 0. The molecule has 1 aliphatic rings. The summed E-state index contributed by atoms with van der Waals surface area (Å²) < 4.78 is 54.3. The Balaban J connectivity index is 2.22. The minimum atomic E-state index is -3.41. The summed E-state index contributed by atoms with van der Waals surface area (Å²) >= 11 is 0. The van der Waals surface area contributed by atoms with Gasteiger partial charge in [-0.2, -0.15) is 17.2 Å². The molecule has 0 amide bonds. The zero-order valence-electron chi connectivity index (χ0n) is 9.06. The molecule has 4 nitrogen and oxygen atoms in total. The van der Waals surface area contributed by atoms with E-state index >= 15 is 0 Å². The van der Waals surface area contributed by atoms with E-state index in [9.17, 15) is 17.2 Å².